The summed E-state index contributed by atoms with van der Waals surface area (Å²) in [5, 5.41) is 6.08. The SMILES string of the molecule is CCC(C)NCC(=O)NCCC(C)(C)C. The van der Waals surface area contributed by atoms with Gasteiger partial charge in [0.1, 0.15) is 0 Å². The number of amides is 1. The monoisotopic (exact) mass is 214 g/mol. The molecule has 0 fully saturated rings. The molecule has 0 aromatic rings. The third kappa shape index (κ3) is 9.73. The van der Waals surface area contributed by atoms with Crippen molar-refractivity contribution < 1.29 is 4.79 Å². The van der Waals surface area contributed by atoms with E-state index in [4.69, 9.17) is 0 Å². The maximum atomic E-state index is 11.4. The van der Waals surface area contributed by atoms with E-state index >= 15 is 0 Å². The van der Waals surface area contributed by atoms with Crippen LogP contribution in [0.15, 0.2) is 0 Å². The lowest BCUT2D eigenvalue weighted by molar-refractivity contribution is -0.120. The Morgan fingerprint density at radius 1 is 1.33 bits per heavy atom. The van der Waals surface area contributed by atoms with E-state index in [9.17, 15) is 4.79 Å². The van der Waals surface area contributed by atoms with Crippen molar-refractivity contribution in [2.75, 3.05) is 13.1 Å². The molecule has 0 radical (unpaired) electrons. The first-order valence-corrected chi connectivity index (χ1v) is 5.85. The van der Waals surface area contributed by atoms with E-state index in [-0.39, 0.29) is 11.3 Å². The topological polar surface area (TPSA) is 41.1 Å². The first-order chi connectivity index (χ1) is 6.85. The molecular weight excluding hydrogens is 188 g/mol. The average Bonchev–Trinajstić information content (AvgIpc) is 2.12. The summed E-state index contributed by atoms with van der Waals surface area (Å²) in [7, 11) is 0. The van der Waals surface area contributed by atoms with Crippen LogP contribution in [0.2, 0.25) is 0 Å². The molecule has 0 saturated heterocycles. The van der Waals surface area contributed by atoms with Gasteiger partial charge in [0.25, 0.3) is 0 Å². The minimum atomic E-state index is 0.0968. The summed E-state index contributed by atoms with van der Waals surface area (Å²) in [4.78, 5) is 11.4. The van der Waals surface area contributed by atoms with Gasteiger partial charge in [-0.25, -0.2) is 0 Å². The second-order valence-electron chi connectivity index (χ2n) is 5.35. The third-order valence-corrected chi connectivity index (χ3v) is 2.42. The summed E-state index contributed by atoms with van der Waals surface area (Å²) >= 11 is 0. The van der Waals surface area contributed by atoms with Crippen molar-refractivity contribution in [3.05, 3.63) is 0 Å². The first-order valence-electron chi connectivity index (χ1n) is 5.85. The van der Waals surface area contributed by atoms with Crippen LogP contribution in [0.4, 0.5) is 0 Å². The number of carbonyl (C=O) groups is 1. The van der Waals surface area contributed by atoms with Gasteiger partial charge in [-0.3, -0.25) is 4.79 Å². The van der Waals surface area contributed by atoms with Crippen molar-refractivity contribution in [1.29, 1.82) is 0 Å². The lowest BCUT2D eigenvalue weighted by Gasteiger charge is -2.18. The average molecular weight is 214 g/mol. The van der Waals surface area contributed by atoms with E-state index in [1.54, 1.807) is 0 Å². The van der Waals surface area contributed by atoms with Crippen LogP contribution in [0, 0.1) is 5.41 Å². The molecule has 90 valence electrons. The highest BCUT2D eigenvalue weighted by atomic mass is 16.1. The lowest BCUT2D eigenvalue weighted by Crippen LogP contribution is -2.38. The molecule has 15 heavy (non-hydrogen) atoms. The number of rotatable bonds is 6. The van der Waals surface area contributed by atoms with Gasteiger partial charge < -0.3 is 10.6 Å². The van der Waals surface area contributed by atoms with Gasteiger partial charge in [0, 0.05) is 12.6 Å². The Bertz CT molecular complexity index is 185. The van der Waals surface area contributed by atoms with Crippen molar-refractivity contribution >= 4 is 5.91 Å². The molecule has 3 nitrogen and oxygen atoms in total. The fourth-order valence-corrected chi connectivity index (χ4v) is 1.05. The summed E-state index contributed by atoms with van der Waals surface area (Å²) in [6.45, 7) is 11.9. The van der Waals surface area contributed by atoms with Gasteiger partial charge in [0.05, 0.1) is 6.54 Å². The third-order valence-electron chi connectivity index (χ3n) is 2.42. The zero-order valence-corrected chi connectivity index (χ0v) is 10.8. The molecule has 0 aliphatic carbocycles. The maximum Gasteiger partial charge on any atom is 0.233 e. The molecule has 3 heteroatoms. The zero-order valence-electron chi connectivity index (χ0n) is 10.8. The van der Waals surface area contributed by atoms with E-state index in [2.05, 4.69) is 45.3 Å². The Morgan fingerprint density at radius 3 is 2.40 bits per heavy atom. The summed E-state index contributed by atoms with van der Waals surface area (Å²) in [6.07, 6.45) is 2.07. The van der Waals surface area contributed by atoms with E-state index in [0.717, 1.165) is 19.4 Å². The first kappa shape index (κ1) is 14.4. The van der Waals surface area contributed by atoms with Gasteiger partial charge in [-0.05, 0) is 25.2 Å². The van der Waals surface area contributed by atoms with Crippen LogP contribution < -0.4 is 10.6 Å². The summed E-state index contributed by atoms with van der Waals surface area (Å²) < 4.78 is 0. The largest absolute Gasteiger partial charge is 0.355 e. The Morgan fingerprint density at radius 2 is 1.93 bits per heavy atom. The van der Waals surface area contributed by atoms with Gasteiger partial charge in [0.15, 0.2) is 0 Å². The number of hydrogen-bond donors (Lipinski definition) is 2. The van der Waals surface area contributed by atoms with Gasteiger partial charge >= 0.3 is 0 Å². The second kappa shape index (κ2) is 6.83. The summed E-state index contributed by atoms with van der Waals surface area (Å²) in [5.41, 5.74) is 0.289. The van der Waals surface area contributed by atoms with E-state index in [1.807, 2.05) is 0 Å². The lowest BCUT2D eigenvalue weighted by atomic mass is 9.92. The second-order valence-corrected chi connectivity index (χ2v) is 5.35. The quantitative estimate of drug-likeness (QED) is 0.709. The molecule has 0 aromatic heterocycles. The van der Waals surface area contributed by atoms with E-state index in [0.29, 0.717) is 12.6 Å². The molecule has 0 spiro atoms. The summed E-state index contributed by atoms with van der Waals surface area (Å²) in [6, 6.07) is 0.415. The Hall–Kier alpha value is -0.570. The standard InChI is InChI=1S/C12H26N2O/c1-6-10(2)14-9-11(15)13-8-7-12(3,4)5/h10,14H,6-9H2,1-5H3,(H,13,15). The maximum absolute atomic E-state index is 11.4. The predicted octanol–water partition coefficient (Wildman–Crippen LogP) is 1.93. The van der Waals surface area contributed by atoms with Gasteiger partial charge in [-0.15, -0.1) is 0 Å². The molecule has 2 N–H and O–H groups in total. The predicted molar refractivity (Wildman–Crippen MR) is 64.8 cm³/mol. The Balaban J connectivity index is 3.50. The number of hydrogen-bond acceptors (Lipinski definition) is 2. The normalized spacial score (nSPS) is 13.7. The Kier molecular flexibility index (Phi) is 6.57. The molecule has 0 aromatic carbocycles. The van der Waals surface area contributed by atoms with Crippen LogP contribution in [-0.2, 0) is 4.79 Å². The van der Waals surface area contributed by atoms with Crippen molar-refractivity contribution in [1.82, 2.24) is 10.6 Å². The minimum Gasteiger partial charge on any atom is -0.355 e. The number of nitrogens with one attached hydrogen (secondary N) is 2. The van der Waals surface area contributed by atoms with Crippen LogP contribution in [0.3, 0.4) is 0 Å². The van der Waals surface area contributed by atoms with Crippen molar-refractivity contribution in [3.63, 3.8) is 0 Å². The van der Waals surface area contributed by atoms with E-state index in [1.165, 1.54) is 0 Å². The van der Waals surface area contributed by atoms with Crippen molar-refractivity contribution in [2.45, 2.75) is 53.5 Å². The highest BCUT2D eigenvalue weighted by Gasteiger charge is 2.10. The molecule has 0 aliphatic rings. The van der Waals surface area contributed by atoms with Crippen LogP contribution in [-0.4, -0.2) is 25.0 Å². The van der Waals surface area contributed by atoms with Crippen molar-refractivity contribution in [3.8, 4) is 0 Å². The molecule has 0 saturated carbocycles. The zero-order chi connectivity index (χ0) is 11.9. The molecule has 0 heterocycles. The van der Waals surface area contributed by atoms with Crippen LogP contribution in [0.1, 0.15) is 47.5 Å². The van der Waals surface area contributed by atoms with Crippen LogP contribution in [0.5, 0.6) is 0 Å². The smallest absolute Gasteiger partial charge is 0.233 e. The fraction of sp³-hybridized carbons (Fsp3) is 0.917. The van der Waals surface area contributed by atoms with Gasteiger partial charge in [-0.2, -0.15) is 0 Å². The van der Waals surface area contributed by atoms with E-state index < -0.39 is 0 Å². The van der Waals surface area contributed by atoms with Crippen LogP contribution in [0.25, 0.3) is 0 Å². The molecule has 0 rings (SSSR count). The van der Waals surface area contributed by atoms with Crippen molar-refractivity contribution in [2.24, 2.45) is 5.41 Å². The van der Waals surface area contributed by atoms with Gasteiger partial charge in [-0.1, -0.05) is 27.7 Å². The van der Waals surface area contributed by atoms with Crippen LogP contribution >= 0.6 is 0 Å². The molecular formula is C12H26N2O. The van der Waals surface area contributed by atoms with Gasteiger partial charge in [0.2, 0.25) is 5.91 Å². The molecule has 1 unspecified atom stereocenters. The Labute approximate surface area is 94.0 Å². The molecule has 0 aliphatic heterocycles. The molecule has 1 amide bonds. The fourth-order valence-electron chi connectivity index (χ4n) is 1.05. The highest BCUT2D eigenvalue weighted by Crippen LogP contribution is 2.16. The molecule has 1 atom stereocenters. The minimum absolute atomic E-state index is 0.0968. The summed E-state index contributed by atoms with van der Waals surface area (Å²) in [5.74, 6) is 0.0968. The highest BCUT2D eigenvalue weighted by molar-refractivity contribution is 5.77. The molecule has 0 bridgehead atoms. The number of carbonyl (C=O) groups excluding carboxylic acids is 1.